The molecule has 0 saturated carbocycles. The van der Waals surface area contributed by atoms with Crippen molar-refractivity contribution in [1.29, 1.82) is 0 Å². The number of carbonyl (C=O) groups excluding carboxylic acids is 1. The molecule has 1 aliphatic rings. The lowest BCUT2D eigenvalue weighted by molar-refractivity contribution is -0.116. The molecule has 2 aromatic heterocycles. The Balaban J connectivity index is 1.69. The molecule has 0 bridgehead atoms. The maximum atomic E-state index is 12.1. The number of aryl methyl sites for hydroxylation is 1. The van der Waals surface area contributed by atoms with Gasteiger partial charge in [0.2, 0.25) is 5.91 Å². The number of nitrogens with one attached hydrogen (secondary N) is 3. The highest BCUT2D eigenvalue weighted by Crippen LogP contribution is 2.28. The normalized spacial score (nSPS) is 23.9. The first-order valence-corrected chi connectivity index (χ1v) is 9.24. The number of H-pyrrole nitrogens is 2. The van der Waals surface area contributed by atoms with Crippen LogP contribution in [0.5, 0.6) is 0 Å². The summed E-state index contributed by atoms with van der Waals surface area (Å²) in [5.74, 6) is -0.447. The van der Waals surface area contributed by atoms with Crippen LogP contribution >= 0.6 is 0 Å². The van der Waals surface area contributed by atoms with E-state index in [-0.39, 0.29) is 5.56 Å². The van der Waals surface area contributed by atoms with Gasteiger partial charge in [0.15, 0.2) is 6.23 Å². The van der Waals surface area contributed by atoms with Gasteiger partial charge < -0.3 is 30.4 Å². The number of aromatic nitrogens is 4. The van der Waals surface area contributed by atoms with Crippen LogP contribution in [0.2, 0.25) is 0 Å². The van der Waals surface area contributed by atoms with E-state index in [0.717, 1.165) is 28.2 Å². The fraction of sp³-hybridized carbons (Fsp3) is 0.444. The zero-order chi connectivity index (χ0) is 21.8. The van der Waals surface area contributed by atoms with Gasteiger partial charge in [-0.2, -0.15) is 0 Å². The number of carbonyl (C=O) groups is 1. The zero-order valence-corrected chi connectivity index (χ0v) is 16.1. The van der Waals surface area contributed by atoms with Gasteiger partial charge in [-0.05, 0) is 13.0 Å². The first-order valence-electron chi connectivity index (χ1n) is 9.24. The quantitative estimate of drug-likeness (QED) is 0.266. The minimum atomic E-state index is -1.49. The molecular weight excluding hydrogens is 398 g/mol. The predicted molar refractivity (Wildman–Crippen MR) is 103 cm³/mol. The first-order chi connectivity index (χ1) is 14.3. The van der Waals surface area contributed by atoms with E-state index in [0.29, 0.717) is 13.0 Å². The van der Waals surface area contributed by atoms with Crippen molar-refractivity contribution in [1.82, 2.24) is 24.8 Å². The molecule has 30 heavy (non-hydrogen) atoms. The molecule has 0 radical (unpaired) electrons. The summed E-state index contributed by atoms with van der Waals surface area (Å²) in [4.78, 5) is 45.2. The number of aliphatic hydroxyl groups is 3. The molecule has 12 heteroatoms. The van der Waals surface area contributed by atoms with E-state index in [1.165, 1.54) is 6.08 Å². The van der Waals surface area contributed by atoms with Crippen molar-refractivity contribution in [3.63, 3.8) is 0 Å². The van der Waals surface area contributed by atoms with Crippen molar-refractivity contribution in [2.45, 2.75) is 37.9 Å². The van der Waals surface area contributed by atoms with Crippen LogP contribution in [0.4, 0.5) is 0 Å². The molecule has 1 aliphatic heterocycles. The molecule has 3 heterocycles. The van der Waals surface area contributed by atoms with Gasteiger partial charge in [0.1, 0.15) is 18.3 Å². The molecule has 6 N–H and O–H groups in total. The number of hydrogen-bond donors (Lipinski definition) is 6. The monoisotopic (exact) mass is 421 g/mol. The molecule has 0 aromatic carbocycles. The Kier molecular flexibility index (Phi) is 6.62. The molecule has 2 aromatic rings. The van der Waals surface area contributed by atoms with Crippen LogP contribution in [-0.4, -0.2) is 72.2 Å². The Morgan fingerprint density at radius 3 is 2.77 bits per heavy atom. The summed E-state index contributed by atoms with van der Waals surface area (Å²) in [6, 6.07) is 0. The second-order valence-corrected chi connectivity index (χ2v) is 6.82. The molecule has 162 valence electrons. The van der Waals surface area contributed by atoms with Crippen molar-refractivity contribution in [3.8, 4) is 0 Å². The van der Waals surface area contributed by atoms with Gasteiger partial charge in [0.05, 0.1) is 24.2 Å². The first kappa shape index (κ1) is 21.6. The lowest BCUT2D eigenvalue weighted by atomic mass is 10.1. The minimum Gasteiger partial charge on any atom is -0.394 e. The van der Waals surface area contributed by atoms with Gasteiger partial charge in [0.25, 0.3) is 5.56 Å². The Bertz CT molecular complexity index is 1040. The number of imidazole rings is 1. The number of rotatable bonds is 7. The average Bonchev–Trinajstić information content (AvgIpc) is 3.24. The maximum Gasteiger partial charge on any atom is 0.330 e. The van der Waals surface area contributed by atoms with E-state index in [2.05, 4.69) is 20.3 Å². The van der Waals surface area contributed by atoms with Gasteiger partial charge >= 0.3 is 5.69 Å². The topological polar surface area (TPSA) is 183 Å². The third kappa shape index (κ3) is 4.57. The highest BCUT2D eigenvalue weighted by molar-refractivity contribution is 5.91. The van der Waals surface area contributed by atoms with Gasteiger partial charge in [-0.25, -0.2) is 9.78 Å². The summed E-state index contributed by atoms with van der Waals surface area (Å²) in [5, 5.41) is 31.8. The third-order valence-electron chi connectivity index (χ3n) is 4.81. The van der Waals surface area contributed by atoms with E-state index in [1.807, 2.05) is 6.92 Å². The highest BCUT2D eigenvalue weighted by atomic mass is 16.6. The van der Waals surface area contributed by atoms with E-state index < -0.39 is 48.3 Å². The predicted octanol–water partition coefficient (Wildman–Crippen LogP) is -2.45. The number of aromatic amines is 2. The average molecular weight is 421 g/mol. The van der Waals surface area contributed by atoms with E-state index >= 15 is 0 Å². The van der Waals surface area contributed by atoms with Crippen molar-refractivity contribution >= 4 is 12.0 Å². The summed E-state index contributed by atoms with van der Waals surface area (Å²) in [7, 11) is 0. The van der Waals surface area contributed by atoms with Crippen LogP contribution in [0.25, 0.3) is 6.08 Å². The smallest absolute Gasteiger partial charge is 0.330 e. The molecular formula is C18H23N5O7. The number of ether oxygens (including phenoxy) is 1. The van der Waals surface area contributed by atoms with Crippen LogP contribution < -0.4 is 16.6 Å². The minimum absolute atomic E-state index is 0.0353. The number of nitrogens with zero attached hydrogens (tertiary/aromatic N) is 2. The van der Waals surface area contributed by atoms with Crippen molar-refractivity contribution < 1.29 is 24.9 Å². The van der Waals surface area contributed by atoms with Crippen LogP contribution in [-0.2, 0) is 16.0 Å². The van der Waals surface area contributed by atoms with E-state index in [9.17, 15) is 29.7 Å². The summed E-state index contributed by atoms with van der Waals surface area (Å²) in [5.41, 5.74) is 0.109. The Labute approximate surface area is 169 Å². The van der Waals surface area contributed by atoms with Crippen LogP contribution in [0.15, 0.2) is 28.2 Å². The largest absolute Gasteiger partial charge is 0.394 e. The van der Waals surface area contributed by atoms with Crippen molar-refractivity contribution in [3.05, 3.63) is 56.4 Å². The fourth-order valence-corrected chi connectivity index (χ4v) is 3.10. The molecule has 2 unspecified atom stereocenters. The van der Waals surface area contributed by atoms with Gasteiger partial charge in [0, 0.05) is 30.9 Å². The van der Waals surface area contributed by atoms with Gasteiger partial charge in [-0.1, -0.05) is 0 Å². The third-order valence-corrected chi connectivity index (χ3v) is 4.81. The van der Waals surface area contributed by atoms with Gasteiger partial charge in [-0.15, -0.1) is 0 Å². The summed E-state index contributed by atoms with van der Waals surface area (Å²) >= 11 is 0. The van der Waals surface area contributed by atoms with Gasteiger partial charge in [-0.3, -0.25) is 19.1 Å². The highest BCUT2D eigenvalue weighted by Gasteiger charge is 2.43. The second-order valence-electron chi connectivity index (χ2n) is 6.82. The molecule has 12 nitrogen and oxygen atoms in total. The molecule has 0 spiro atoms. The lowest BCUT2D eigenvalue weighted by Crippen LogP contribution is -2.38. The summed E-state index contributed by atoms with van der Waals surface area (Å²) < 4.78 is 6.19. The number of amides is 1. The number of hydrogen-bond acceptors (Lipinski definition) is 8. The SMILES string of the molecule is Cc1nc[nH]c1CCNC(=O)/C=C/c1cn([C@@H]2O[C@H](CO)C(O)C2O)c(=O)[nH]c1=O. The molecule has 0 aliphatic carbocycles. The summed E-state index contributed by atoms with van der Waals surface area (Å²) in [6.45, 7) is 1.64. The zero-order valence-electron chi connectivity index (χ0n) is 16.1. The molecule has 1 fully saturated rings. The number of aliphatic hydroxyl groups excluding tert-OH is 3. The van der Waals surface area contributed by atoms with Crippen molar-refractivity contribution in [2.24, 2.45) is 0 Å². The lowest BCUT2D eigenvalue weighted by Gasteiger charge is -2.17. The Hall–Kier alpha value is -3.06. The second kappa shape index (κ2) is 9.17. The standard InChI is InChI=1S/C18H23N5O7/c1-9-11(21-8-20-9)4-5-19-13(25)3-2-10-6-23(18(29)22-16(10)28)17-15(27)14(26)12(7-24)30-17/h2-3,6,8,12,14-15,17,24,26-27H,4-5,7H2,1H3,(H,19,25)(H,20,21)(H,22,28,29)/b3-2+/t12-,14?,15?,17-/m1/s1. The Morgan fingerprint density at radius 1 is 1.37 bits per heavy atom. The van der Waals surface area contributed by atoms with Crippen molar-refractivity contribution in [2.75, 3.05) is 13.2 Å². The molecule has 1 amide bonds. The Morgan fingerprint density at radius 2 is 2.13 bits per heavy atom. The van der Waals surface area contributed by atoms with Crippen LogP contribution in [0.1, 0.15) is 23.2 Å². The van der Waals surface area contributed by atoms with Crippen LogP contribution in [0, 0.1) is 6.92 Å². The fourth-order valence-electron chi connectivity index (χ4n) is 3.10. The molecule has 3 rings (SSSR count). The van der Waals surface area contributed by atoms with Crippen LogP contribution in [0.3, 0.4) is 0 Å². The van der Waals surface area contributed by atoms with E-state index in [4.69, 9.17) is 4.74 Å². The molecule has 4 atom stereocenters. The maximum absolute atomic E-state index is 12.1. The van der Waals surface area contributed by atoms with E-state index in [1.54, 1.807) is 6.33 Å². The summed E-state index contributed by atoms with van der Waals surface area (Å²) in [6.07, 6.45) is 0.316. The molecule has 1 saturated heterocycles.